The standard InChI is InChI=1S/C63H126O7Si5/c1-32-36-39-50(7)59(70-75(33-2,34-3)35-4)53(10)55(67-72(26,27)61(14,15)16)45-42-48(5)46-52(9)58(69-74(30,31)63(20,21)22)51(8)43-44-54(66-71(24,25)60(11,12)13)47-56(68-73(28,29)62(17,18)19)49(6)40-37-38-41-57(64)65-23/h32,36-41,43-44,48-56,58-59H,1,33-35,42,45-47H2,2-31H3/b39-36-,40-37+,41-38-,44-43-/t48-,49+,50-,51-,52-,53-,54+,55+,56-,58-,59-/m0/s1. The first kappa shape index (κ1) is 74.1. The number of rotatable bonds is 33. The molecule has 0 unspecified atom stereocenters. The van der Waals surface area contributed by atoms with Gasteiger partial charge >= 0.3 is 5.97 Å². The van der Waals surface area contributed by atoms with Gasteiger partial charge in [0.1, 0.15) is 0 Å². The molecule has 0 aromatic rings. The van der Waals surface area contributed by atoms with Gasteiger partial charge in [-0.05, 0) is 140 Å². The highest BCUT2D eigenvalue weighted by atomic mass is 28.4. The van der Waals surface area contributed by atoms with E-state index in [9.17, 15) is 4.79 Å². The van der Waals surface area contributed by atoms with Crippen LogP contribution in [0.2, 0.25) is 90.7 Å². The molecular weight excluding hydrogens is 1010 g/mol. The van der Waals surface area contributed by atoms with Gasteiger partial charge in [0.15, 0.2) is 41.6 Å². The summed E-state index contributed by atoms with van der Waals surface area (Å²) in [5.41, 5.74) is 0. The summed E-state index contributed by atoms with van der Waals surface area (Å²) in [7, 11) is -9.28. The van der Waals surface area contributed by atoms with Crippen LogP contribution < -0.4 is 0 Å². The third-order valence-corrected chi connectivity index (χ3v) is 41.5. The van der Waals surface area contributed by atoms with Crippen molar-refractivity contribution in [3.63, 3.8) is 0 Å². The molecule has 0 fully saturated rings. The number of hydrogen-bond donors (Lipinski definition) is 0. The number of allylic oxidation sites excluding steroid dienone is 4. The van der Waals surface area contributed by atoms with Gasteiger partial charge in [-0.2, -0.15) is 0 Å². The molecule has 0 saturated heterocycles. The Kier molecular flexibility index (Phi) is 30.4. The van der Waals surface area contributed by atoms with E-state index in [0.717, 1.165) is 43.8 Å². The van der Waals surface area contributed by atoms with Gasteiger partial charge in [-0.15, -0.1) is 0 Å². The molecule has 0 heterocycles. The molecule has 0 saturated carbocycles. The summed E-state index contributed by atoms with van der Waals surface area (Å²) in [5.74, 6) is 1.09. The van der Waals surface area contributed by atoms with Crippen molar-refractivity contribution in [1.82, 2.24) is 0 Å². The molecule has 440 valence electrons. The molecule has 0 aliphatic rings. The smallest absolute Gasteiger partial charge is 0.330 e. The molecular formula is C63H126O7Si5. The average molecular weight is 1140 g/mol. The van der Waals surface area contributed by atoms with E-state index < -0.39 is 41.6 Å². The predicted octanol–water partition coefficient (Wildman–Crippen LogP) is 19.9. The van der Waals surface area contributed by atoms with Crippen molar-refractivity contribution >= 4 is 47.6 Å². The second-order valence-electron chi connectivity index (χ2n) is 29.3. The second-order valence-corrected chi connectivity index (χ2v) is 53.0. The number of carbonyl (C=O) groups is 1. The third-order valence-electron chi connectivity index (χ3n) is 18.9. The Morgan fingerprint density at radius 1 is 0.493 bits per heavy atom. The first-order valence-corrected chi connectivity index (χ1v) is 43.8. The highest BCUT2D eigenvalue weighted by Gasteiger charge is 2.46. The molecule has 0 amide bonds. The summed E-state index contributed by atoms with van der Waals surface area (Å²) >= 11 is 0. The van der Waals surface area contributed by atoms with Gasteiger partial charge in [0.2, 0.25) is 0 Å². The first-order chi connectivity index (χ1) is 33.8. The van der Waals surface area contributed by atoms with E-state index in [2.05, 4.69) is 235 Å². The fourth-order valence-electron chi connectivity index (χ4n) is 8.99. The van der Waals surface area contributed by atoms with Crippen molar-refractivity contribution in [2.75, 3.05) is 7.11 Å². The Morgan fingerprint density at radius 2 is 0.920 bits per heavy atom. The van der Waals surface area contributed by atoms with Crippen LogP contribution in [0.5, 0.6) is 0 Å². The van der Waals surface area contributed by atoms with Gasteiger partial charge < -0.3 is 26.9 Å². The highest BCUT2D eigenvalue weighted by molar-refractivity contribution is 6.75. The normalized spacial score (nSPS) is 19.0. The zero-order valence-electron chi connectivity index (χ0n) is 55.1. The minimum atomic E-state index is -2.23. The van der Waals surface area contributed by atoms with E-state index in [-0.39, 0.29) is 80.3 Å². The molecule has 0 radical (unpaired) electrons. The van der Waals surface area contributed by atoms with Gasteiger partial charge in [-0.3, -0.25) is 0 Å². The highest BCUT2D eigenvalue weighted by Crippen LogP contribution is 2.45. The molecule has 0 N–H and O–H groups in total. The molecule has 7 nitrogen and oxygen atoms in total. The lowest BCUT2D eigenvalue weighted by Gasteiger charge is -2.45. The maximum atomic E-state index is 11.9. The van der Waals surface area contributed by atoms with E-state index in [1.165, 1.54) is 13.2 Å². The van der Waals surface area contributed by atoms with Crippen LogP contribution in [0.3, 0.4) is 0 Å². The molecule has 0 aromatic heterocycles. The van der Waals surface area contributed by atoms with E-state index in [4.69, 9.17) is 26.9 Å². The molecule has 0 rings (SSSR count). The average Bonchev–Trinajstić information content (AvgIpc) is 3.27. The van der Waals surface area contributed by atoms with E-state index in [0.29, 0.717) is 11.8 Å². The van der Waals surface area contributed by atoms with Gasteiger partial charge in [0.25, 0.3) is 0 Å². The van der Waals surface area contributed by atoms with Crippen LogP contribution in [0.25, 0.3) is 0 Å². The number of carbonyl (C=O) groups excluding carboxylic acids is 1. The molecule has 11 atom stereocenters. The van der Waals surface area contributed by atoms with E-state index in [1.807, 2.05) is 12.2 Å². The fourth-order valence-corrected chi connectivity index (χ4v) is 17.6. The molecule has 0 aliphatic heterocycles. The van der Waals surface area contributed by atoms with Gasteiger partial charge in [-0.25, -0.2) is 4.79 Å². The van der Waals surface area contributed by atoms with Crippen LogP contribution in [0, 0.1) is 35.5 Å². The fraction of sp³-hybridized carbons (Fsp3) is 0.825. The van der Waals surface area contributed by atoms with Gasteiger partial charge in [-0.1, -0.05) is 201 Å². The Hall–Kier alpha value is -0.946. The van der Waals surface area contributed by atoms with Gasteiger partial charge in [0, 0.05) is 18.4 Å². The minimum absolute atomic E-state index is 0.0252. The Bertz CT molecular complexity index is 1780. The van der Waals surface area contributed by atoms with Gasteiger partial charge in [0.05, 0.1) is 37.6 Å². The van der Waals surface area contributed by atoms with Crippen LogP contribution in [0.15, 0.2) is 61.3 Å². The third kappa shape index (κ3) is 24.0. The van der Waals surface area contributed by atoms with Crippen molar-refractivity contribution in [3.05, 3.63) is 61.3 Å². The van der Waals surface area contributed by atoms with Crippen LogP contribution in [-0.4, -0.2) is 85.2 Å². The lowest BCUT2D eigenvalue weighted by molar-refractivity contribution is -0.134. The molecule has 0 aliphatic carbocycles. The Morgan fingerprint density at radius 3 is 1.36 bits per heavy atom. The quantitative estimate of drug-likeness (QED) is 0.0213. The summed E-state index contributed by atoms with van der Waals surface area (Å²) in [5, 5.41) is 0.211. The van der Waals surface area contributed by atoms with E-state index in [1.54, 1.807) is 6.08 Å². The summed E-state index contributed by atoms with van der Waals surface area (Å²) in [6.45, 7) is 72.5. The van der Waals surface area contributed by atoms with Crippen LogP contribution in [-0.2, 0) is 31.7 Å². The lowest BCUT2D eigenvalue weighted by atomic mass is 9.82. The largest absolute Gasteiger partial charge is 0.466 e. The maximum Gasteiger partial charge on any atom is 0.330 e. The Labute approximate surface area is 472 Å². The summed E-state index contributed by atoms with van der Waals surface area (Å²) in [6, 6.07) is 3.38. The number of ether oxygens (including phenoxy) is 1. The van der Waals surface area contributed by atoms with Crippen molar-refractivity contribution in [2.24, 2.45) is 35.5 Å². The first-order valence-electron chi connectivity index (χ1n) is 29.6. The maximum absolute atomic E-state index is 11.9. The topological polar surface area (TPSA) is 72.5 Å². The molecule has 12 heteroatoms. The number of esters is 1. The molecule has 75 heavy (non-hydrogen) atoms. The number of hydrogen-bond acceptors (Lipinski definition) is 7. The molecule has 0 spiro atoms. The van der Waals surface area contributed by atoms with Crippen LogP contribution in [0.4, 0.5) is 0 Å². The Balaban J connectivity index is 7.52. The van der Waals surface area contributed by atoms with E-state index >= 15 is 0 Å². The van der Waals surface area contributed by atoms with Crippen molar-refractivity contribution in [1.29, 1.82) is 0 Å². The lowest BCUT2D eigenvalue weighted by Crippen LogP contribution is -2.51. The summed E-state index contributed by atoms with van der Waals surface area (Å²) in [6.07, 6.45) is 22.2. The minimum Gasteiger partial charge on any atom is -0.466 e. The summed E-state index contributed by atoms with van der Waals surface area (Å²) < 4.78 is 42.3. The summed E-state index contributed by atoms with van der Waals surface area (Å²) in [4.78, 5) is 11.9. The zero-order valence-corrected chi connectivity index (χ0v) is 60.1. The SMILES string of the molecule is C=C/C=C\[C@H](C)[C@H](O[Si](CC)(CC)CC)[C@@H](C)[C@@H](CC[C@H](C)C[C@H](C)[C@@H](O[Si](C)(C)C(C)(C)C)[C@@H](C)/C=C\[C@H](C[C@H](O[Si](C)(C)C(C)(C)C)[C@H](C)/C=C/C=C\C(=O)OC)O[Si](C)(C)C(C)(C)C)O[Si](C)(C)C(C)(C)C. The zero-order chi connectivity index (χ0) is 59.0. The van der Waals surface area contributed by atoms with Crippen LogP contribution in [0.1, 0.15) is 171 Å². The second kappa shape index (κ2) is 30.8. The van der Waals surface area contributed by atoms with Crippen LogP contribution >= 0.6 is 0 Å². The van der Waals surface area contributed by atoms with Crippen molar-refractivity contribution < 1.29 is 31.7 Å². The molecule has 0 aromatic carbocycles. The number of methoxy groups -OCH3 is 1. The van der Waals surface area contributed by atoms with Crippen molar-refractivity contribution in [2.45, 2.75) is 292 Å². The monoisotopic (exact) mass is 1130 g/mol. The predicted molar refractivity (Wildman–Crippen MR) is 343 cm³/mol. The van der Waals surface area contributed by atoms with Crippen molar-refractivity contribution in [3.8, 4) is 0 Å². The molecule has 0 bridgehead atoms.